The predicted molar refractivity (Wildman–Crippen MR) is 43.2 cm³/mol. The number of ether oxygens (including phenoxy) is 1. The van der Waals surface area contributed by atoms with E-state index in [0.29, 0.717) is 18.4 Å². The van der Waals surface area contributed by atoms with E-state index in [2.05, 4.69) is 6.92 Å². The number of carbonyl (C=O) groups is 1. The zero-order chi connectivity index (χ0) is 8.32. The fourth-order valence-electron chi connectivity index (χ4n) is 1.10. The normalized spacial score (nSPS) is 19.5. The van der Waals surface area contributed by atoms with Crippen molar-refractivity contribution in [3.63, 3.8) is 0 Å². The Morgan fingerprint density at radius 2 is 2.18 bits per heavy atom. The number of hydrogen-bond acceptors (Lipinski definition) is 2. The van der Waals surface area contributed by atoms with Crippen LogP contribution in [0.25, 0.3) is 0 Å². The highest BCUT2D eigenvalue weighted by atomic mass is 16.5. The highest BCUT2D eigenvalue weighted by molar-refractivity contribution is 5.69. The van der Waals surface area contributed by atoms with E-state index in [4.69, 9.17) is 4.74 Å². The molecule has 1 saturated carbocycles. The molecule has 0 bridgehead atoms. The molecular formula is C9H16O2. The van der Waals surface area contributed by atoms with Gasteiger partial charge in [-0.15, -0.1) is 0 Å². The summed E-state index contributed by atoms with van der Waals surface area (Å²) in [4.78, 5) is 10.9. The number of hydrogen-bond donors (Lipinski definition) is 0. The fraction of sp³-hybridized carbons (Fsp3) is 0.889. The van der Waals surface area contributed by atoms with Gasteiger partial charge in [0.1, 0.15) is 0 Å². The van der Waals surface area contributed by atoms with Gasteiger partial charge in [0, 0.05) is 6.42 Å². The molecule has 0 N–H and O–H groups in total. The molecule has 0 amide bonds. The Morgan fingerprint density at radius 1 is 1.55 bits per heavy atom. The van der Waals surface area contributed by atoms with E-state index in [-0.39, 0.29) is 5.97 Å². The molecule has 1 aliphatic carbocycles. The van der Waals surface area contributed by atoms with Crippen molar-refractivity contribution < 1.29 is 9.53 Å². The molecule has 0 aromatic carbocycles. The summed E-state index contributed by atoms with van der Waals surface area (Å²) in [6, 6.07) is 0. The van der Waals surface area contributed by atoms with Gasteiger partial charge in [-0.1, -0.05) is 6.92 Å². The van der Waals surface area contributed by atoms with E-state index in [9.17, 15) is 4.79 Å². The van der Waals surface area contributed by atoms with Crippen LogP contribution in [0, 0.1) is 5.41 Å². The third kappa shape index (κ3) is 2.91. The molecule has 0 aromatic rings. The Balaban J connectivity index is 2.06. The molecule has 11 heavy (non-hydrogen) atoms. The molecule has 0 heterocycles. The lowest BCUT2D eigenvalue weighted by molar-refractivity contribution is -0.143. The quantitative estimate of drug-likeness (QED) is 0.583. The summed E-state index contributed by atoms with van der Waals surface area (Å²) in [5.41, 5.74) is 0.479. The van der Waals surface area contributed by atoms with E-state index in [1.54, 1.807) is 0 Å². The SMILES string of the molecule is CCOC(=O)CCC1(C)CC1. The van der Waals surface area contributed by atoms with E-state index in [1.165, 1.54) is 12.8 Å². The van der Waals surface area contributed by atoms with Crippen LogP contribution in [0.3, 0.4) is 0 Å². The van der Waals surface area contributed by atoms with E-state index < -0.39 is 0 Å². The van der Waals surface area contributed by atoms with Gasteiger partial charge in [-0.25, -0.2) is 0 Å². The summed E-state index contributed by atoms with van der Waals surface area (Å²) in [5.74, 6) is -0.0411. The summed E-state index contributed by atoms with van der Waals surface area (Å²) in [6.45, 7) is 4.58. The Hall–Kier alpha value is -0.530. The Morgan fingerprint density at radius 3 is 2.64 bits per heavy atom. The zero-order valence-electron chi connectivity index (χ0n) is 7.35. The van der Waals surface area contributed by atoms with Crippen LogP contribution >= 0.6 is 0 Å². The predicted octanol–water partition coefficient (Wildman–Crippen LogP) is 2.13. The highest BCUT2D eigenvalue weighted by Crippen LogP contribution is 2.48. The minimum Gasteiger partial charge on any atom is -0.466 e. The maximum atomic E-state index is 10.9. The van der Waals surface area contributed by atoms with Gasteiger partial charge in [0.25, 0.3) is 0 Å². The highest BCUT2D eigenvalue weighted by Gasteiger charge is 2.37. The second kappa shape index (κ2) is 3.24. The van der Waals surface area contributed by atoms with Gasteiger partial charge in [-0.3, -0.25) is 4.79 Å². The first-order valence-electron chi connectivity index (χ1n) is 4.32. The number of carbonyl (C=O) groups excluding carboxylic acids is 1. The topological polar surface area (TPSA) is 26.3 Å². The molecule has 1 aliphatic rings. The smallest absolute Gasteiger partial charge is 0.305 e. The first-order valence-corrected chi connectivity index (χ1v) is 4.32. The fourth-order valence-corrected chi connectivity index (χ4v) is 1.10. The molecule has 2 nitrogen and oxygen atoms in total. The molecular weight excluding hydrogens is 140 g/mol. The number of rotatable bonds is 4. The van der Waals surface area contributed by atoms with Gasteiger partial charge in [-0.05, 0) is 31.6 Å². The molecule has 2 heteroatoms. The van der Waals surface area contributed by atoms with Crippen molar-refractivity contribution in [2.75, 3.05) is 6.61 Å². The van der Waals surface area contributed by atoms with Gasteiger partial charge in [-0.2, -0.15) is 0 Å². The lowest BCUT2D eigenvalue weighted by Gasteiger charge is -2.06. The van der Waals surface area contributed by atoms with Crippen molar-refractivity contribution in [3.05, 3.63) is 0 Å². The van der Waals surface area contributed by atoms with Crippen LogP contribution in [0.5, 0.6) is 0 Å². The molecule has 0 saturated heterocycles. The van der Waals surface area contributed by atoms with Crippen molar-refractivity contribution in [1.29, 1.82) is 0 Å². The lowest BCUT2D eigenvalue weighted by atomic mass is 10.0. The standard InChI is InChI=1S/C9H16O2/c1-3-11-8(10)4-5-9(2)6-7-9/h3-7H2,1-2H3. The van der Waals surface area contributed by atoms with Crippen LogP contribution in [0.15, 0.2) is 0 Å². The second-order valence-electron chi connectivity index (χ2n) is 3.62. The third-order valence-corrected chi connectivity index (χ3v) is 2.34. The molecule has 0 radical (unpaired) electrons. The number of esters is 1. The summed E-state index contributed by atoms with van der Waals surface area (Å²) in [7, 11) is 0. The van der Waals surface area contributed by atoms with Crippen molar-refractivity contribution in [2.24, 2.45) is 5.41 Å². The van der Waals surface area contributed by atoms with Gasteiger partial charge >= 0.3 is 5.97 Å². The zero-order valence-corrected chi connectivity index (χ0v) is 7.35. The first kappa shape index (κ1) is 8.57. The summed E-state index contributed by atoms with van der Waals surface area (Å²) < 4.78 is 4.83. The maximum Gasteiger partial charge on any atom is 0.305 e. The van der Waals surface area contributed by atoms with E-state index >= 15 is 0 Å². The van der Waals surface area contributed by atoms with E-state index in [1.807, 2.05) is 6.92 Å². The van der Waals surface area contributed by atoms with Crippen molar-refractivity contribution in [2.45, 2.75) is 39.5 Å². The Bertz CT molecular complexity index is 148. The minimum absolute atomic E-state index is 0.0411. The van der Waals surface area contributed by atoms with Crippen LogP contribution in [0.4, 0.5) is 0 Å². The van der Waals surface area contributed by atoms with Gasteiger partial charge in [0.05, 0.1) is 6.61 Å². The Labute approximate surface area is 67.9 Å². The average Bonchev–Trinajstić information content (AvgIpc) is 2.66. The monoisotopic (exact) mass is 156 g/mol. The average molecular weight is 156 g/mol. The summed E-state index contributed by atoms with van der Waals surface area (Å²) in [6.07, 6.45) is 4.18. The van der Waals surface area contributed by atoms with Crippen LogP contribution in [0.2, 0.25) is 0 Å². The van der Waals surface area contributed by atoms with Gasteiger partial charge < -0.3 is 4.74 Å². The molecule has 0 aromatic heterocycles. The third-order valence-electron chi connectivity index (χ3n) is 2.34. The van der Waals surface area contributed by atoms with E-state index in [0.717, 1.165) is 6.42 Å². The minimum atomic E-state index is -0.0411. The van der Waals surface area contributed by atoms with Crippen LogP contribution in [-0.4, -0.2) is 12.6 Å². The Kier molecular flexibility index (Phi) is 2.53. The molecule has 0 aliphatic heterocycles. The van der Waals surface area contributed by atoms with Gasteiger partial charge in [0.2, 0.25) is 0 Å². The second-order valence-corrected chi connectivity index (χ2v) is 3.62. The van der Waals surface area contributed by atoms with Crippen LogP contribution in [0.1, 0.15) is 39.5 Å². The molecule has 0 spiro atoms. The van der Waals surface area contributed by atoms with Crippen LogP contribution < -0.4 is 0 Å². The van der Waals surface area contributed by atoms with Gasteiger partial charge in [0.15, 0.2) is 0 Å². The largest absolute Gasteiger partial charge is 0.466 e. The van der Waals surface area contributed by atoms with Crippen molar-refractivity contribution in [1.82, 2.24) is 0 Å². The van der Waals surface area contributed by atoms with Crippen molar-refractivity contribution in [3.8, 4) is 0 Å². The molecule has 0 atom stereocenters. The molecule has 64 valence electrons. The maximum absolute atomic E-state index is 10.9. The molecule has 0 unspecified atom stereocenters. The van der Waals surface area contributed by atoms with Crippen LogP contribution in [-0.2, 0) is 9.53 Å². The lowest BCUT2D eigenvalue weighted by Crippen LogP contribution is -2.06. The molecule has 1 fully saturated rings. The molecule has 1 rings (SSSR count). The summed E-state index contributed by atoms with van der Waals surface area (Å²) in [5, 5.41) is 0. The van der Waals surface area contributed by atoms with Crippen molar-refractivity contribution >= 4 is 5.97 Å². The first-order chi connectivity index (χ1) is 5.16. The summed E-state index contributed by atoms with van der Waals surface area (Å²) >= 11 is 0.